The molecule has 0 aliphatic carbocycles. The highest BCUT2D eigenvalue weighted by Gasteiger charge is 2.05. The first-order chi connectivity index (χ1) is 15.2. The van der Waals surface area contributed by atoms with Crippen LogP contribution in [0, 0.1) is 0 Å². The SMILES string of the molecule is CCCCCCCCCCCCCCOC(=O)CCc1ccc2cc(OC)ccc2c1. The van der Waals surface area contributed by atoms with Crippen LogP contribution in [0.15, 0.2) is 36.4 Å². The molecule has 3 heteroatoms. The lowest BCUT2D eigenvalue weighted by Crippen LogP contribution is -2.07. The van der Waals surface area contributed by atoms with Gasteiger partial charge in [-0.1, -0.05) is 102 Å². The van der Waals surface area contributed by atoms with Crippen LogP contribution in [0.25, 0.3) is 10.8 Å². The highest BCUT2D eigenvalue weighted by Crippen LogP contribution is 2.22. The number of ether oxygens (including phenoxy) is 2. The molecule has 0 heterocycles. The molecular formula is C28H42O3. The molecule has 0 unspecified atom stereocenters. The predicted molar refractivity (Wildman–Crippen MR) is 131 cm³/mol. The van der Waals surface area contributed by atoms with E-state index in [1.807, 2.05) is 12.1 Å². The summed E-state index contributed by atoms with van der Waals surface area (Å²) in [5.41, 5.74) is 1.17. The summed E-state index contributed by atoms with van der Waals surface area (Å²) >= 11 is 0. The molecule has 0 aromatic heterocycles. The van der Waals surface area contributed by atoms with Crippen LogP contribution in [-0.2, 0) is 16.0 Å². The zero-order valence-electron chi connectivity index (χ0n) is 19.8. The van der Waals surface area contributed by atoms with Crippen molar-refractivity contribution in [3.05, 3.63) is 42.0 Å². The van der Waals surface area contributed by atoms with Crippen LogP contribution in [-0.4, -0.2) is 19.7 Å². The normalized spacial score (nSPS) is 11.0. The molecule has 3 nitrogen and oxygen atoms in total. The third-order valence-electron chi connectivity index (χ3n) is 5.99. The molecule has 0 N–H and O–H groups in total. The Balaban J connectivity index is 1.47. The van der Waals surface area contributed by atoms with Gasteiger partial charge in [-0.2, -0.15) is 0 Å². The van der Waals surface area contributed by atoms with Crippen molar-refractivity contribution in [2.75, 3.05) is 13.7 Å². The summed E-state index contributed by atoms with van der Waals surface area (Å²) in [6, 6.07) is 12.4. The average Bonchev–Trinajstić information content (AvgIpc) is 2.80. The van der Waals surface area contributed by atoms with Crippen molar-refractivity contribution in [1.82, 2.24) is 0 Å². The number of methoxy groups -OCH3 is 1. The minimum atomic E-state index is -0.0853. The van der Waals surface area contributed by atoms with Crippen molar-refractivity contribution in [2.24, 2.45) is 0 Å². The number of aryl methyl sites for hydroxylation is 1. The number of rotatable bonds is 17. The van der Waals surface area contributed by atoms with Crippen molar-refractivity contribution >= 4 is 16.7 Å². The van der Waals surface area contributed by atoms with Gasteiger partial charge in [0.05, 0.1) is 13.7 Å². The van der Waals surface area contributed by atoms with Crippen molar-refractivity contribution in [3.63, 3.8) is 0 Å². The van der Waals surface area contributed by atoms with Crippen LogP contribution >= 0.6 is 0 Å². The van der Waals surface area contributed by atoms with Gasteiger partial charge in [0.1, 0.15) is 5.75 Å². The van der Waals surface area contributed by atoms with Gasteiger partial charge in [-0.05, 0) is 41.3 Å². The third kappa shape index (κ3) is 10.7. The van der Waals surface area contributed by atoms with Crippen molar-refractivity contribution in [1.29, 1.82) is 0 Å². The standard InChI is InChI=1S/C28H42O3/c1-3-4-5-6-7-8-9-10-11-12-13-14-21-31-28(29)20-16-24-15-17-26-23-27(30-2)19-18-25(26)22-24/h15,17-19,22-23H,3-14,16,20-21H2,1-2H3. The van der Waals surface area contributed by atoms with Gasteiger partial charge in [0.2, 0.25) is 0 Å². The second-order valence-electron chi connectivity index (χ2n) is 8.66. The summed E-state index contributed by atoms with van der Waals surface area (Å²) in [4.78, 5) is 12.0. The van der Waals surface area contributed by atoms with Gasteiger partial charge in [-0.3, -0.25) is 4.79 Å². The zero-order valence-corrected chi connectivity index (χ0v) is 19.8. The highest BCUT2D eigenvalue weighted by molar-refractivity contribution is 5.84. The minimum Gasteiger partial charge on any atom is -0.497 e. The van der Waals surface area contributed by atoms with E-state index in [2.05, 4.69) is 31.2 Å². The van der Waals surface area contributed by atoms with Gasteiger partial charge in [0, 0.05) is 6.42 Å². The van der Waals surface area contributed by atoms with Crippen molar-refractivity contribution < 1.29 is 14.3 Å². The van der Waals surface area contributed by atoms with Crippen LogP contribution in [0.1, 0.15) is 96.0 Å². The van der Waals surface area contributed by atoms with Gasteiger partial charge in [0.15, 0.2) is 0 Å². The van der Waals surface area contributed by atoms with E-state index in [4.69, 9.17) is 9.47 Å². The minimum absolute atomic E-state index is 0.0853. The van der Waals surface area contributed by atoms with Gasteiger partial charge in [-0.25, -0.2) is 0 Å². The Morgan fingerprint density at radius 2 is 1.32 bits per heavy atom. The summed E-state index contributed by atoms with van der Waals surface area (Å²) in [7, 11) is 1.68. The molecular weight excluding hydrogens is 384 g/mol. The second kappa shape index (κ2) is 15.7. The molecule has 2 rings (SSSR count). The summed E-state index contributed by atoms with van der Waals surface area (Å²) in [5.74, 6) is 0.777. The van der Waals surface area contributed by atoms with Gasteiger partial charge < -0.3 is 9.47 Å². The molecule has 31 heavy (non-hydrogen) atoms. The largest absolute Gasteiger partial charge is 0.497 e. The molecule has 0 saturated carbocycles. The van der Waals surface area contributed by atoms with E-state index in [9.17, 15) is 4.79 Å². The number of carbonyl (C=O) groups excluding carboxylic acids is 1. The topological polar surface area (TPSA) is 35.5 Å². The maximum absolute atomic E-state index is 12.0. The van der Waals surface area contributed by atoms with Crippen LogP contribution in [0.2, 0.25) is 0 Å². The lowest BCUT2D eigenvalue weighted by atomic mass is 10.0. The molecule has 0 radical (unpaired) electrons. The fraction of sp³-hybridized carbons (Fsp3) is 0.607. The van der Waals surface area contributed by atoms with E-state index in [1.165, 1.54) is 75.2 Å². The molecule has 2 aromatic rings. The highest BCUT2D eigenvalue weighted by atomic mass is 16.5. The van der Waals surface area contributed by atoms with E-state index in [-0.39, 0.29) is 5.97 Å². The molecule has 0 saturated heterocycles. The number of fused-ring (bicyclic) bond motifs is 1. The molecule has 172 valence electrons. The Morgan fingerprint density at radius 1 is 0.742 bits per heavy atom. The number of hydrogen-bond donors (Lipinski definition) is 0. The van der Waals surface area contributed by atoms with Gasteiger partial charge in [0.25, 0.3) is 0 Å². The smallest absolute Gasteiger partial charge is 0.306 e. The molecule has 0 fully saturated rings. The van der Waals surface area contributed by atoms with Crippen molar-refractivity contribution in [3.8, 4) is 5.75 Å². The second-order valence-corrected chi connectivity index (χ2v) is 8.66. The first-order valence-corrected chi connectivity index (χ1v) is 12.4. The van der Waals surface area contributed by atoms with E-state index in [0.29, 0.717) is 13.0 Å². The Labute approximate surface area is 189 Å². The van der Waals surface area contributed by atoms with E-state index in [0.717, 1.165) is 30.4 Å². The zero-order chi connectivity index (χ0) is 22.2. The molecule has 0 amide bonds. The monoisotopic (exact) mass is 426 g/mol. The maximum atomic E-state index is 12.0. The Hall–Kier alpha value is -2.03. The summed E-state index contributed by atoms with van der Waals surface area (Å²) in [6.45, 7) is 2.83. The van der Waals surface area contributed by atoms with Crippen LogP contribution in [0.3, 0.4) is 0 Å². The number of hydrogen-bond acceptors (Lipinski definition) is 3. The predicted octanol–water partition coefficient (Wildman–Crippen LogP) is 8.03. The maximum Gasteiger partial charge on any atom is 0.306 e. The molecule has 0 aliphatic rings. The van der Waals surface area contributed by atoms with Crippen LogP contribution in [0.5, 0.6) is 5.75 Å². The molecule has 0 atom stereocenters. The summed E-state index contributed by atoms with van der Waals surface area (Å²) < 4.78 is 10.7. The number of unbranched alkanes of at least 4 members (excludes halogenated alkanes) is 11. The van der Waals surface area contributed by atoms with E-state index < -0.39 is 0 Å². The molecule has 2 aromatic carbocycles. The lowest BCUT2D eigenvalue weighted by Gasteiger charge is -2.07. The molecule has 0 spiro atoms. The Morgan fingerprint density at radius 3 is 1.97 bits per heavy atom. The van der Waals surface area contributed by atoms with E-state index >= 15 is 0 Å². The molecule has 0 bridgehead atoms. The third-order valence-corrected chi connectivity index (χ3v) is 5.99. The molecule has 0 aliphatic heterocycles. The Bertz CT molecular complexity index is 753. The first kappa shape index (κ1) is 25.2. The van der Waals surface area contributed by atoms with Gasteiger partial charge >= 0.3 is 5.97 Å². The summed E-state index contributed by atoms with van der Waals surface area (Å²) in [5, 5.41) is 2.32. The fourth-order valence-electron chi connectivity index (χ4n) is 4.00. The van der Waals surface area contributed by atoms with Crippen LogP contribution in [0.4, 0.5) is 0 Å². The lowest BCUT2D eigenvalue weighted by molar-refractivity contribution is -0.143. The van der Waals surface area contributed by atoms with Gasteiger partial charge in [-0.15, -0.1) is 0 Å². The fourth-order valence-corrected chi connectivity index (χ4v) is 4.00. The number of esters is 1. The first-order valence-electron chi connectivity index (χ1n) is 12.4. The summed E-state index contributed by atoms with van der Waals surface area (Å²) in [6.07, 6.45) is 17.0. The average molecular weight is 427 g/mol. The Kier molecular flexibility index (Phi) is 12.8. The van der Waals surface area contributed by atoms with Crippen LogP contribution < -0.4 is 4.74 Å². The van der Waals surface area contributed by atoms with E-state index in [1.54, 1.807) is 7.11 Å². The quantitative estimate of drug-likeness (QED) is 0.190. The van der Waals surface area contributed by atoms with Crippen molar-refractivity contribution in [2.45, 2.75) is 96.8 Å². The number of benzene rings is 2. The number of carbonyl (C=O) groups is 1.